The fourth-order valence-electron chi connectivity index (χ4n) is 1.74. The van der Waals surface area contributed by atoms with Crippen LogP contribution in [-0.2, 0) is 13.1 Å². The van der Waals surface area contributed by atoms with Gasteiger partial charge in [-0.1, -0.05) is 0 Å². The van der Waals surface area contributed by atoms with E-state index < -0.39 is 0 Å². The molecule has 0 bridgehead atoms. The van der Waals surface area contributed by atoms with E-state index in [0.717, 1.165) is 5.82 Å². The van der Waals surface area contributed by atoms with Gasteiger partial charge in [0, 0.05) is 26.0 Å². The zero-order valence-corrected chi connectivity index (χ0v) is 10.4. The Balaban J connectivity index is 2.17. The van der Waals surface area contributed by atoms with Crippen LogP contribution in [0.2, 0.25) is 0 Å². The standard InChI is InChI=1S/C11H16N6O/c1-3-17-10(8(12)6-15-17)11(18)16(2)7-9-13-4-5-14-9/h4-6H,3,7,12H2,1-2H3,(H,13,14). The van der Waals surface area contributed by atoms with Crippen LogP contribution in [0.1, 0.15) is 23.2 Å². The number of hydrogen-bond donors (Lipinski definition) is 2. The van der Waals surface area contributed by atoms with Gasteiger partial charge < -0.3 is 15.6 Å². The monoisotopic (exact) mass is 248 g/mol. The molecule has 0 aliphatic rings. The molecule has 0 unspecified atom stereocenters. The number of anilines is 1. The summed E-state index contributed by atoms with van der Waals surface area (Å²) in [5, 5.41) is 4.06. The Bertz CT molecular complexity index is 530. The predicted octanol–water partition coefficient (Wildman–Crippen LogP) is 0.480. The van der Waals surface area contributed by atoms with Crippen LogP contribution in [0.4, 0.5) is 5.69 Å². The number of aromatic amines is 1. The highest BCUT2D eigenvalue weighted by Gasteiger charge is 2.20. The van der Waals surface area contributed by atoms with E-state index >= 15 is 0 Å². The van der Waals surface area contributed by atoms with Gasteiger partial charge in [0.15, 0.2) is 0 Å². The number of imidazole rings is 1. The number of aromatic nitrogens is 4. The number of aryl methyl sites for hydroxylation is 1. The van der Waals surface area contributed by atoms with Crippen molar-refractivity contribution in [3.05, 3.63) is 30.1 Å². The molecule has 2 heterocycles. The number of nitrogens with zero attached hydrogens (tertiary/aromatic N) is 4. The van der Waals surface area contributed by atoms with E-state index in [1.807, 2.05) is 6.92 Å². The number of amides is 1. The van der Waals surface area contributed by atoms with E-state index in [9.17, 15) is 4.79 Å². The molecule has 1 amide bonds. The molecule has 2 aromatic heterocycles. The second kappa shape index (κ2) is 4.91. The highest BCUT2D eigenvalue weighted by atomic mass is 16.2. The summed E-state index contributed by atoms with van der Waals surface area (Å²) in [7, 11) is 1.71. The molecule has 0 saturated carbocycles. The van der Waals surface area contributed by atoms with Crippen molar-refractivity contribution in [2.24, 2.45) is 0 Å². The van der Waals surface area contributed by atoms with Gasteiger partial charge in [0.05, 0.1) is 18.4 Å². The molecule has 0 radical (unpaired) electrons. The third-order valence-electron chi connectivity index (χ3n) is 2.66. The second-order valence-electron chi connectivity index (χ2n) is 3.96. The van der Waals surface area contributed by atoms with Crippen LogP contribution < -0.4 is 5.73 Å². The van der Waals surface area contributed by atoms with Crippen LogP contribution in [0.25, 0.3) is 0 Å². The Morgan fingerprint density at radius 2 is 2.39 bits per heavy atom. The van der Waals surface area contributed by atoms with Gasteiger partial charge in [-0.05, 0) is 6.92 Å². The zero-order chi connectivity index (χ0) is 13.1. The smallest absolute Gasteiger partial charge is 0.274 e. The number of carbonyl (C=O) groups excluding carboxylic acids is 1. The van der Waals surface area contributed by atoms with Crippen LogP contribution in [0.5, 0.6) is 0 Å². The van der Waals surface area contributed by atoms with Gasteiger partial charge in [-0.15, -0.1) is 0 Å². The van der Waals surface area contributed by atoms with Crippen molar-refractivity contribution >= 4 is 11.6 Å². The molecule has 7 heteroatoms. The number of carbonyl (C=O) groups is 1. The molecule has 0 spiro atoms. The summed E-state index contributed by atoms with van der Waals surface area (Å²) in [5.74, 6) is 0.565. The Labute approximate surface area is 105 Å². The van der Waals surface area contributed by atoms with Crippen molar-refractivity contribution in [1.82, 2.24) is 24.6 Å². The maximum Gasteiger partial charge on any atom is 0.274 e. The Kier molecular flexibility index (Phi) is 3.31. The van der Waals surface area contributed by atoms with Crippen molar-refractivity contribution < 1.29 is 4.79 Å². The van der Waals surface area contributed by atoms with Crippen LogP contribution in [0.3, 0.4) is 0 Å². The van der Waals surface area contributed by atoms with Crippen LogP contribution in [-0.4, -0.2) is 37.6 Å². The third kappa shape index (κ3) is 2.20. The molecule has 18 heavy (non-hydrogen) atoms. The molecule has 0 fully saturated rings. The summed E-state index contributed by atoms with van der Waals surface area (Å²) in [4.78, 5) is 20.9. The first-order chi connectivity index (χ1) is 8.63. The lowest BCUT2D eigenvalue weighted by Gasteiger charge is -2.16. The maximum atomic E-state index is 12.3. The lowest BCUT2D eigenvalue weighted by atomic mass is 10.3. The summed E-state index contributed by atoms with van der Waals surface area (Å²) in [6, 6.07) is 0. The first-order valence-electron chi connectivity index (χ1n) is 5.68. The zero-order valence-electron chi connectivity index (χ0n) is 10.4. The number of nitrogens with one attached hydrogen (secondary N) is 1. The van der Waals surface area contributed by atoms with Gasteiger partial charge in [-0.2, -0.15) is 5.10 Å². The van der Waals surface area contributed by atoms with Crippen LogP contribution in [0.15, 0.2) is 18.6 Å². The van der Waals surface area contributed by atoms with Gasteiger partial charge in [0.1, 0.15) is 11.5 Å². The molecule has 2 aromatic rings. The Morgan fingerprint density at radius 3 is 3.00 bits per heavy atom. The van der Waals surface area contributed by atoms with Crippen molar-refractivity contribution in [1.29, 1.82) is 0 Å². The van der Waals surface area contributed by atoms with E-state index in [1.54, 1.807) is 29.0 Å². The van der Waals surface area contributed by atoms with Gasteiger partial charge in [0.2, 0.25) is 0 Å². The highest BCUT2D eigenvalue weighted by molar-refractivity contribution is 5.97. The average molecular weight is 248 g/mol. The predicted molar refractivity (Wildman–Crippen MR) is 66.7 cm³/mol. The number of nitrogens with two attached hydrogens (primary N) is 1. The summed E-state index contributed by atoms with van der Waals surface area (Å²) in [6.45, 7) is 2.92. The molecule has 0 saturated heterocycles. The number of nitrogen functional groups attached to an aromatic ring is 1. The second-order valence-corrected chi connectivity index (χ2v) is 3.96. The van der Waals surface area contributed by atoms with Crippen LogP contribution >= 0.6 is 0 Å². The normalized spacial score (nSPS) is 10.6. The van der Waals surface area contributed by atoms with Gasteiger partial charge in [0.25, 0.3) is 5.91 Å². The first-order valence-corrected chi connectivity index (χ1v) is 5.68. The van der Waals surface area contributed by atoms with Crippen molar-refractivity contribution in [2.75, 3.05) is 12.8 Å². The summed E-state index contributed by atoms with van der Waals surface area (Å²) in [6.07, 6.45) is 4.87. The van der Waals surface area contributed by atoms with E-state index in [0.29, 0.717) is 24.5 Å². The summed E-state index contributed by atoms with van der Waals surface area (Å²) >= 11 is 0. The van der Waals surface area contributed by atoms with Gasteiger partial charge in [-0.25, -0.2) is 4.98 Å². The third-order valence-corrected chi connectivity index (χ3v) is 2.66. The fraction of sp³-hybridized carbons (Fsp3) is 0.364. The molecular weight excluding hydrogens is 232 g/mol. The van der Waals surface area contributed by atoms with Crippen molar-refractivity contribution in [3.8, 4) is 0 Å². The summed E-state index contributed by atoms with van der Waals surface area (Å²) < 4.78 is 1.59. The Morgan fingerprint density at radius 1 is 1.61 bits per heavy atom. The number of rotatable bonds is 4. The minimum atomic E-state index is -0.164. The molecule has 0 aliphatic carbocycles. The summed E-state index contributed by atoms with van der Waals surface area (Å²) in [5.41, 5.74) is 6.59. The molecule has 7 nitrogen and oxygen atoms in total. The molecular formula is C11H16N6O. The maximum absolute atomic E-state index is 12.3. The average Bonchev–Trinajstić information content (AvgIpc) is 2.97. The highest BCUT2D eigenvalue weighted by Crippen LogP contribution is 2.13. The lowest BCUT2D eigenvalue weighted by molar-refractivity contribution is 0.0770. The van der Waals surface area contributed by atoms with Crippen LogP contribution in [0, 0.1) is 0 Å². The van der Waals surface area contributed by atoms with E-state index in [-0.39, 0.29) is 5.91 Å². The van der Waals surface area contributed by atoms with Gasteiger partial charge >= 0.3 is 0 Å². The largest absolute Gasteiger partial charge is 0.396 e. The quantitative estimate of drug-likeness (QED) is 0.823. The van der Waals surface area contributed by atoms with E-state index in [2.05, 4.69) is 15.1 Å². The Hall–Kier alpha value is -2.31. The minimum Gasteiger partial charge on any atom is -0.396 e. The van der Waals surface area contributed by atoms with E-state index in [1.165, 1.54) is 6.20 Å². The molecule has 0 aliphatic heterocycles. The minimum absolute atomic E-state index is 0.164. The number of H-pyrrole nitrogens is 1. The molecule has 2 rings (SSSR count). The first kappa shape index (κ1) is 12.2. The fourth-order valence-corrected chi connectivity index (χ4v) is 1.74. The van der Waals surface area contributed by atoms with Crippen molar-refractivity contribution in [3.63, 3.8) is 0 Å². The topological polar surface area (TPSA) is 92.8 Å². The van der Waals surface area contributed by atoms with Gasteiger partial charge in [-0.3, -0.25) is 9.48 Å². The molecule has 0 aromatic carbocycles. The molecule has 96 valence electrons. The van der Waals surface area contributed by atoms with E-state index in [4.69, 9.17) is 5.73 Å². The lowest BCUT2D eigenvalue weighted by Crippen LogP contribution is -2.29. The molecule has 0 atom stereocenters. The van der Waals surface area contributed by atoms with Crippen molar-refractivity contribution in [2.45, 2.75) is 20.0 Å². The molecule has 3 N–H and O–H groups in total. The SMILES string of the molecule is CCn1ncc(N)c1C(=O)N(C)Cc1ncc[nH]1. The number of hydrogen-bond acceptors (Lipinski definition) is 4.